The maximum Gasteiger partial charge on any atom is 0.410 e. The lowest BCUT2D eigenvalue weighted by atomic mass is 10.1. The van der Waals surface area contributed by atoms with Gasteiger partial charge < -0.3 is 23.5 Å². The normalized spacial score (nSPS) is 15.9. The molecule has 10 heteroatoms. The van der Waals surface area contributed by atoms with Gasteiger partial charge in [0.1, 0.15) is 24.4 Å². The minimum absolute atomic E-state index is 0.0153. The van der Waals surface area contributed by atoms with Crippen molar-refractivity contribution in [2.75, 3.05) is 33.9 Å². The average Bonchev–Trinajstić information content (AvgIpc) is 3.36. The molecule has 2 heterocycles. The Hall–Kier alpha value is -3.56. The summed E-state index contributed by atoms with van der Waals surface area (Å²) in [6, 6.07) is 6.18. The van der Waals surface area contributed by atoms with Gasteiger partial charge in [-0.05, 0) is 18.2 Å². The van der Waals surface area contributed by atoms with Crippen LogP contribution >= 0.6 is 0 Å². The van der Waals surface area contributed by atoms with Crippen LogP contribution in [-0.2, 0) is 9.47 Å². The van der Waals surface area contributed by atoms with Crippen LogP contribution < -0.4 is 9.47 Å². The Morgan fingerprint density at radius 2 is 2.07 bits per heavy atom. The molecule has 1 aliphatic heterocycles. The zero-order chi connectivity index (χ0) is 20.1. The summed E-state index contributed by atoms with van der Waals surface area (Å²) in [5, 5.41) is 3.46. The zero-order valence-corrected chi connectivity index (χ0v) is 15.2. The number of ketones is 1. The van der Waals surface area contributed by atoms with Crippen LogP contribution in [0.5, 0.6) is 11.5 Å². The second-order valence-electron chi connectivity index (χ2n) is 5.86. The summed E-state index contributed by atoms with van der Waals surface area (Å²) >= 11 is 0. The number of nitrogens with zero attached hydrogens (tertiary/aromatic N) is 2. The van der Waals surface area contributed by atoms with Gasteiger partial charge in [-0.2, -0.15) is 0 Å². The zero-order valence-electron chi connectivity index (χ0n) is 15.2. The Bertz CT molecular complexity index is 864. The molecular weight excluding hydrogens is 372 g/mol. The van der Waals surface area contributed by atoms with E-state index in [0.29, 0.717) is 11.5 Å². The fraction of sp³-hybridized carbons (Fsp3) is 0.333. The third kappa shape index (κ3) is 4.22. The molecule has 0 spiro atoms. The highest BCUT2D eigenvalue weighted by atomic mass is 16.6. The summed E-state index contributed by atoms with van der Waals surface area (Å²) in [6.45, 7) is -0.274. The number of rotatable bonds is 8. The molecule has 0 aliphatic carbocycles. The van der Waals surface area contributed by atoms with Crippen molar-refractivity contribution in [3.63, 3.8) is 0 Å². The quantitative estimate of drug-likeness (QED) is 0.489. The van der Waals surface area contributed by atoms with Crippen molar-refractivity contribution in [1.29, 1.82) is 0 Å². The monoisotopic (exact) mass is 390 g/mol. The Morgan fingerprint density at radius 1 is 1.25 bits per heavy atom. The van der Waals surface area contributed by atoms with Crippen molar-refractivity contribution >= 4 is 17.8 Å². The molecule has 0 N–H and O–H groups in total. The van der Waals surface area contributed by atoms with Crippen LogP contribution in [0.15, 0.2) is 35.1 Å². The maximum atomic E-state index is 12.6. The number of hydrogen-bond donors (Lipinski definition) is 0. The highest BCUT2D eigenvalue weighted by Gasteiger charge is 2.34. The first kappa shape index (κ1) is 19.2. The number of esters is 1. The minimum Gasteiger partial charge on any atom is -0.497 e. The van der Waals surface area contributed by atoms with Crippen LogP contribution in [0, 0.1) is 0 Å². The molecule has 10 nitrogen and oxygen atoms in total. The molecule has 0 bridgehead atoms. The molecule has 1 aromatic carbocycles. The van der Waals surface area contributed by atoms with Gasteiger partial charge in [0.05, 0.1) is 32.9 Å². The molecule has 1 aliphatic rings. The van der Waals surface area contributed by atoms with E-state index < -0.39 is 18.2 Å². The smallest absolute Gasteiger partial charge is 0.410 e. The first-order valence-electron chi connectivity index (χ1n) is 8.30. The number of methoxy groups -OCH3 is 2. The van der Waals surface area contributed by atoms with Gasteiger partial charge >= 0.3 is 12.1 Å². The van der Waals surface area contributed by atoms with Crippen molar-refractivity contribution in [3.05, 3.63) is 41.8 Å². The number of carbonyl (C=O) groups is 3. The Balaban J connectivity index is 1.58. The molecule has 0 radical (unpaired) electrons. The van der Waals surface area contributed by atoms with Gasteiger partial charge in [0.15, 0.2) is 17.6 Å². The SMILES string of the molecule is COc1ccc(OC)c(C(=O)CN2CC(COC(=O)c3ccon3)OC2=O)c1. The summed E-state index contributed by atoms with van der Waals surface area (Å²) in [5.41, 5.74) is 0.303. The van der Waals surface area contributed by atoms with Crippen LogP contribution in [0.3, 0.4) is 0 Å². The molecular formula is C18H18N2O8. The lowest BCUT2D eigenvalue weighted by Gasteiger charge is -2.14. The van der Waals surface area contributed by atoms with Crippen molar-refractivity contribution in [2.45, 2.75) is 6.10 Å². The van der Waals surface area contributed by atoms with E-state index >= 15 is 0 Å². The van der Waals surface area contributed by atoms with E-state index in [-0.39, 0.29) is 36.7 Å². The van der Waals surface area contributed by atoms with E-state index in [1.165, 1.54) is 31.4 Å². The van der Waals surface area contributed by atoms with E-state index in [2.05, 4.69) is 9.68 Å². The third-order valence-electron chi connectivity index (χ3n) is 4.04. The molecule has 1 unspecified atom stereocenters. The summed E-state index contributed by atoms with van der Waals surface area (Å²) in [5.74, 6) is -0.171. The number of benzene rings is 1. The molecule has 1 amide bonds. The molecule has 28 heavy (non-hydrogen) atoms. The van der Waals surface area contributed by atoms with E-state index in [4.69, 9.17) is 18.9 Å². The maximum absolute atomic E-state index is 12.6. The molecule has 1 saturated heterocycles. The largest absolute Gasteiger partial charge is 0.497 e. The molecule has 2 aromatic rings. The van der Waals surface area contributed by atoms with Gasteiger partial charge in [0.2, 0.25) is 0 Å². The van der Waals surface area contributed by atoms with Gasteiger partial charge in [-0.1, -0.05) is 5.16 Å². The van der Waals surface area contributed by atoms with E-state index in [0.717, 1.165) is 0 Å². The molecule has 0 saturated carbocycles. The van der Waals surface area contributed by atoms with Gasteiger partial charge in [0, 0.05) is 6.07 Å². The highest BCUT2D eigenvalue weighted by Crippen LogP contribution is 2.25. The average molecular weight is 390 g/mol. The molecule has 3 rings (SSSR count). The number of hydrogen-bond acceptors (Lipinski definition) is 9. The predicted molar refractivity (Wildman–Crippen MR) is 92.5 cm³/mol. The molecule has 148 valence electrons. The van der Waals surface area contributed by atoms with Crippen molar-refractivity contribution < 1.29 is 37.9 Å². The summed E-state index contributed by atoms with van der Waals surface area (Å²) in [6.07, 6.45) is -0.118. The van der Waals surface area contributed by atoms with Crippen molar-refractivity contribution in [2.24, 2.45) is 0 Å². The van der Waals surface area contributed by atoms with Gasteiger partial charge in [-0.15, -0.1) is 0 Å². The Labute approximate surface area is 159 Å². The summed E-state index contributed by atoms with van der Waals surface area (Å²) < 4.78 is 25.1. The first-order chi connectivity index (χ1) is 13.5. The summed E-state index contributed by atoms with van der Waals surface area (Å²) in [4.78, 5) is 37.6. The fourth-order valence-electron chi connectivity index (χ4n) is 2.64. The first-order valence-corrected chi connectivity index (χ1v) is 8.30. The number of carbonyl (C=O) groups excluding carboxylic acids is 3. The third-order valence-corrected chi connectivity index (χ3v) is 4.04. The number of cyclic esters (lactones) is 1. The van der Waals surface area contributed by atoms with Crippen LogP contribution in [-0.4, -0.2) is 67.9 Å². The molecule has 1 aromatic heterocycles. The number of aromatic nitrogens is 1. The van der Waals surface area contributed by atoms with Crippen LogP contribution in [0.1, 0.15) is 20.8 Å². The van der Waals surface area contributed by atoms with Crippen LogP contribution in [0.4, 0.5) is 4.79 Å². The highest BCUT2D eigenvalue weighted by molar-refractivity contribution is 6.01. The Morgan fingerprint density at radius 3 is 2.75 bits per heavy atom. The number of Topliss-reactive ketones (excluding diaryl/α,β-unsaturated/α-hetero) is 1. The van der Waals surface area contributed by atoms with Crippen molar-refractivity contribution in [1.82, 2.24) is 10.1 Å². The topological polar surface area (TPSA) is 117 Å². The lowest BCUT2D eigenvalue weighted by Crippen LogP contribution is -2.32. The van der Waals surface area contributed by atoms with Crippen molar-refractivity contribution in [3.8, 4) is 11.5 Å². The fourth-order valence-corrected chi connectivity index (χ4v) is 2.64. The van der Waals surface area contributed by atoms with Crippen LogP contribution in [0.25, 0.3) is 0 Å². The van der Waals surface area contributed by atoms with Gasteiger partial charge in [0.25, 0.3) is 0 Å². The standard InChI is InChI=1S/C18H18N2O8/c1-24-11-3-4-16(25-2)13(7-11)15(21)9-20-8-12(28-18(20)23)10-26-17(22)14-5-6-27-19-14/h3-7,12H,8-10H2,1-2H3. The lowest BCUT2D eigenvalue weighted by molar-refractivity contribution is 0.0290. The second kappa shape index (κ2) is 8.42. The minimum atomic E-state index is -0.694. The summed E-state index contributed by atoms with van der Waals surface area (Å²) in [7, 11) is 2.93. The van der Waals surface area contributed by atoms with E-state index in [1.54, 1.807) is 18.2 Å². The number of amides is 1. The van der Waals surface area contributed by atoms with Gasteiger partial charge in [-0.25, -0.2) is 9.59 Å². The number of ether oxygens (including phenoxy) is 4. The Kier molecular flexibility index (Phi) is 5.78. The molecule has 1 fully saturated rings. The van der Waals surface area contributed by atoms with Crippen LogP contribution in [0.2, 0.25) is 0 Å². The molecule has 1 atom stereocenters. The van der Waals surface area contributed by atoms with E-state index in [9.17, 15) is 14.4 Å². The van der Waals surface area contributed by atoms with E-state index in [1.807, 2.05) is 0 Å². The van der Waals surface area contributed by atoms with Gasteiger partial charge in [-0.3, -0.25) is 9.69 Å². The predicted octanol–water partition coefficient (Wildman–Crippen LogP) is 1.55. The second-order valence-corrected chi connectivity index (χ2v) is 5.86.